The molecule has 114 valence electrons. The van der Waals surface area contributed by atoms with Crippen LogP contribution in [0.4, 0.5) is 5.69 Å². The van der Waals surface area contributed by atoms with Gasteiger partial charge in [0.05, 0.1) is 0 Å². The summed E-state index contributed by atoms with van der Waals surface area (Å²) in [6.45, 7) is 7.48. The number of hydrogen-bond donors (Lipinski definition) is 2. The average molecular weight is 292 g/mol. The summed E-state index contributed by atoms with van der Waals surface area (Å²) in [5.41, 5.74) is 7.93. The lowest BCUT2D eigenvalue weighted by molar-refractivity contribution is 1.02. The molecule has 0 amide bonds. The Kier molecular flexibility index (Phi) is 4.19. The van der Waals surface area contributed by atoms with Gasteiger partial charge >= 0.3 is 0 Å². The van der Waals surface area contributed by atoms with Crippen LogP contribution < -0.4 is 5.32 Å². The molecule has 0 unspecified atom stereocenters. The van der Waals surface area contributed by atoms with E-state index in [0.29, 0.717) is 0 Å². The molecule has 0 aliphatic carbocycles. The Morgan fingerprint density at radius 2 is 1.91 bits per heavy atom. The number of nitrogens with one attached hydrogen (secondary N) is 2. The van der Waals surface area contributed by atoms with Crippen LogP contribution in [0.2, 0.25) is 0 Å². The SMILES string of the molecule is CCc1ccc(NCCc2c[nH]c3c(C)cccc23)c(C)c1. The molecule has 2 heteroatoms. The van der Waals surface area contributed by atoms with Gasteiger partial charge in [0.25, 0.3) is 0 Å². The Morgan fingerprint density at radius 1 is 1.05 bits per heavy atom. The third-order valence-electron chi connectivity index (χ3n) is 4.42. The first-order valence-corrected chi connectivity index (χ1v) is 8.08. The van der Waals surface area contributed by atoms with Gasteiger partial charge in [0.2, 0.25) is 0 Å². The Bertz CT molecular complexity index is 784. The first kappa shape index (κ1) is 14.7. The van der Waals surface area contributed by atoms with Crippen LogP contribution >= 0.6 is 0 Å². The zero-order valence-electron chi connectivity index (χ0n) is 13.7. The van der Waals surface area contributed by atoms with Gasteiger partial charge in [0, 0.05) is 29.3 Å². The van der Waals surface area contributed by atoms with Gasteiger partial charge in [-0.15, -0.1) is 0 Å². The number of hydrogen-bond acceptors (Lipinski definition) is 1. The van der Waals surface area contributed by atoms with E-state index in [1.165, 1.54) is 38.8 Å². The number of aromatic amines is 1. The summed E-state index contributed by atoms with van der Waals surface area (Å²) in [6.07, 6.45) is 4.26. The van der Waals surface area contributed by atoms with Crippen molar-refractivity contribution in [3.63, 3.8) is 0 Å². The molecule has 0 fully saturated rings. The van der Waals surface area contributed by atoms with Crippen molar-refractivity contribution in [2.24, 2.45) is 0 Å². The van der Waals surface area contributed by atoms with Crippen LogP contribution in [0.1, 0.15) is 29.2 Å². The van der Waals surface area contributed by atoms with Crippen LogP contribution in [0.25, 0.3) is 10.9 Å². The minimum atomic E-state index is 0.952. The summed E-state index contributed by atoms with van der Waals surface area (Å²) in [5, 5.41) is 4.92. The standard InChI is InChI=1S/C20H24N2/c1-4-16-8-9-19(15(3)12-16)21-11-10-17-13-22-20-14(2)6-5-7-18(17)20/h5-9,12-13,21-22H,4,10-11H2,1-3H3. The van der Waals surface area contributed by atoms with Crippen molar-refractivity contribution in [2.75, 3.05) is 11.9 Å². The van der Waals surface area contributed by atoms with Gasteiger partial charge in [-0.2, -0.15) is 0 Å². The van der Waals surface area contributed by atoms with Crippen molar-refractivity contribution in [1.82, 2.24) is 4.98 Å². The highest BCUT2D eigenvalue weighted by atomic mass is 14.9. The van der Waals surface area contributed by atoms with Crippen molar-refractivity contribution in [1.29, 1.82) is 0 Å². The Balaban J connectivity index is 1.69. The number of H-pyrrole nitrogens is 1. The molecular formula is C20H24N2. The molecule has 2 N–H and O–H groups in total. The minimum Gasteiger partial charge on any atom is -0.384 e. The highest BCUT2D eigenvalue weighted by Gasteiger charge is 2.05. The molecule has 3 rings (SSSR count). The second kappa shape index (κ2) is 6.27. The average Bonchev–Trinajstić information content (AvgIpc) is 2.93. The second-order valence-corrected chi connectivity index (χ2v) is 5.99. The number of fused-ring (bicyclic) bond motifs is 1. The van der Waals surface area contributed by atoms with E-state index in [-0.39, 0.29) is 0 Å². The summed E-state index contributed by atoms with van der Waals surface area (Å²) in [6, 6.07) is 13.2. The Hall–Kier alpha value is -2.22. The first-order chi connectivity index (χ1) is 10.7. The smallest absolute Gasteiger partial charge is 0.0486 e. The van der Waals surface area contributed by atoms with Crippen molar-refractivity contribution >= 4 is 16.6 Å². The summed E-state index contributed by atoms with van der Waals surface area (Å²) in [7, 11) is 0. The number of aryl methyl sites for hydroxylation is 3. The molecule has 0 saturated heterocycles. The molecule has 0 atom stereocenters. The number of aromatic nitrogens is 1. The maximum absolute atomic E-state index is 3.57. The van der Waals surface area contributed by atoms with Gasteiger partial charge in [-0.1, -0.05) is 37.3 Å². The fourth-order valence-electron chi connectivity index (χ4n) is 3.05. The van der Waals surface area contributed by atoms with E-state index >= 15 is 0 Å². The molecule has 2 nitrogen and oxygen atoms in total. The zero-order valence-corrected chi connectivity index (χ0v) is 13.7. The largest absolute Gasteiger partial charge is 0.384 e. The fourth-order valence-corrected chi connectivity index (χ4v) is 3.05. The quantitative estimate of drug-likeness (QED) is 0.680. The predicted molar refractivity (Wildman–Crippen MR) is 95.8 cm³/mol. The van der Waals surface area contributed by atoms with Crippen LogP contribution in [0.5, 0.6) is 0 Å². The third kappa shape index (κ3) is 2.87. The number of benzene rings is 2. The number of rotatable bonds is 5. The highest BCUT2D eigenvalue weighted by molar-refractivity contribution is 5.85. The summed E-state index contributed by atoms with van der Waals surface area (Å²) in [5.74, 6) is 0. The van der Waals surface area contributed by atoms with Gasteiger partial charge in [0.1, 0.15) is 0 Å². The van der Waals surface area contributed by atoms with Crippen LogP contribution in [0.15, 0.2) is 42.6 Å². The molecule has 1 heterocycles. The van der Waals surface area contributed by atoms with Crippen LogP contribution in [-0.2, 0) is 12.8 Å². The van der Waals surface area contributed by atoms with E-state index in [4.69, 9.17) is 0 Å². The molecule has 0 radical (unpaired) electrons. The minimum absolute atomic E-state index is 0.952. The fraction of sp³-hybridized carbons (Fsp3) is 0.300. The van der Waals surface area contributed by atoms with Gasteiger partial charge in [-0.05, 0) is 55.0 Å². The topological polar surface area (TPSA) is 27.8 Å². The van der Waals surface area contributed by atoms with Crippen molar-refractivity contribution in [3.8, 4) is 0 Å². The van der Waals surface area contributed by atoms with Crippen molar-refractivity contribution in [2.45, 2.75) is 33.6 Å². The van der Waals surface area contributed by atoms with E-state index in [2.05, 4.69) is 73.7 Å². The summed E-state index contributed by atoms with van der Waals surface area (Å²) < 4.78 is 0. The monoisotopic (exact) mass is 292 g/mol. The molecule has 0 aliphatic heterocycles. The molecule has 0 spiro atoms. The van der Waals surface area contributed by atoms with E-state index in [1.54, 1.807) is 0 Å². The van der Waals surface area contributed by atoms with Gasteiger partial charge in [-0.25, -0.2) is 0 Å². The second-order valence-electron chi connectivity index (χ2n) is 5.99. The maximum atomic E-state index is 3.57. The molecule has 1 aromatic heterocycles. The molecule has 3 aromatic rings. The van der Waals surface area contributed by atoms with Gasteiger partial charge in [-0.3, -0.25) is 0 Å². The van der Waals surface area contributed by atoms with E-state index < -0.39 is 0 Å². The Morgan fingerprint density at radius 3 is 2.68 bits per heavy atom. The van der Waals surface area contributed by atoms with Gasteiger partial charge < -0.3 is 10.3 Å². The first-order valence-electron chi connectivity index (χ1n) is 8.08. The van der Waals surface area contributed by atoms with Gasteiger partial charge in [0.15, 0.2) is 0 Å². The summed E-state index contributed by atoms with van der Waals surface area (Å²) in [4.78, 5) is 3.40. The normalized spacial score (nSPS) is 11.0. The van der Waals surface area contributed by atoms with Crippen LogP contribution in [0.3, 0.4) is 0 Å². The maximum Gasteiger partial charge on any atom is 0.0486 e. The lowest BCUT2D eigenvalue weighted by Gasteiger charge is -2.10. The molecule has 0 bridgehead atoms. The van der Waals surface area contributed by atoms with E-state index in [9.17, 15) is 0 Å². The molecule has 2 aromatic carbocycles. The molecular weight excluding hydrogens is 268 g/mol. The van der Waals surface area contributed by atoms with Crippen molar-refractivity contribution in [3.05, 3.63) is 64.8 Å². The lowest BCUT2D eigenvalue weighted by Crippen LogP contribution is -2.06. The van der Waals surface area contributed by atoms with Crippen LogP contribution in [-0.4, -0.2) is 11.5 Å². The van der Waals surface area contributed by atoms with E-state index in [0.717, 1.165) is 19.4 Å². The van der Waals surface area contributed by atoms with Crippen molar-refractivity contribution < 1.29 is 0 Å². The third-order valence-corrected chi connectivity index (χ3v) is 4.42. The highest BCUT2D eigenvalue weighted by Crippen LogP contribution is 2.22. The lowest BCUT2D eigenvalue weighted by atomic mass is 10.1. The van der Waals surface area contributed by atoms with E-state index in [1.807, 2.05) is 0 Å². The predicted octanol–water partition coefficient (Wildman–Crippen LogP) is 5.00. The van der Waals surface area contributed by atoms with Crippen LogP contribution in [0, 0.1) is 13.8 Å². The number of anilines is 1. The molecule has 22 heavy (non-hydrogen) atoms. The Labute approximate surface area is 132 Å². The molecule has 0 aliphatic rings. The summed E-state index contributed by atoms with van der Waals surface area (Å²) >= 11 is 0. The number of para-hydroxylation sites is 1. The zero-order chi connectivity index (χ0) is 15.5. The molecule has 0 saturated carbocycles.